The van der Waals surface area contributed by atoms with E-state index < -0.39 is 0 Å². The van der Waals surface area contributed by atoms with Crippen LogP contribution in [0.4, 0.5) is 0 Å². The number of carbonyl (C=O) groups excluding carboxylic acids is 1. The molecule has 0 radical (unpaired) electrons. The Kier molecular flexibility index (Phi) is 7.80. The average molecular weight is 325 g/mol. The molecule has 2 aliphatic rings. The summed E-state index contributed by atoms with van der Waals surface area (Å²) in [6, 6.07) is 0.464. The lowest BCUT2D eigenvalue weighted by Gasteiger charge is -2.37. The van der Waals surface area contributed by atoms with E-state index in [1.54, 1.807) is 0 Å². The molecular formula is C18H35N3O2. The van der Waals surface area contributed by atoms with E-state index in [0.29, 0.717) is 24.4 Å². The van der Waals surface area contributed by atoms with Crippen molar-refractivity contribution in [3.8, 4) is 0 Å². The van der Waals surface area contributed by atoms with Gasteiger partial charge >= 0.3 is 0 Å². The second-order valence-electron chi connectivity index (χ2n) is 7.35. The fraction of sp³-hybridized carbons (Fsp3) is 0.944. The Balaban J connectivity index is 1.72. The summed E-state index contributed by atoms with van der Waals surface area (Å²) in [7, 11) is 2.09. The van der Waals surface area contributed by atoms with Crippen LogP contribution >= 0.6 is 0 Å². The molecule has 2 fully saturated rings. The normalized spacial score (nSPS) is 24.3. The van der Waals surface area contributed by atoms with Crippen molar-refractivity contribution in [1.82, 2.24) is 14.7 Å². The number of β-amino-alcohol motifs (C(OH)–C–C–N with tert-alkyl or cyclic N) is 1. The number of aliphatic hydroxyl groups excluding tert-OH is 1. The molecule has 1 amide bonds. The average Bonchev–Trinajstić information content (AvgIpc) is 2.56. The van der Waals surface area contributed by atoms with E-state index in [1.807, 2.05) is 0 Å². The van der Waals surface area contributed by atoms with E-state index in [0.717, 1.165) is 45.6 Å². The highest BCUT2D eigenvalue weighted by molar-refractivity contribution is 5.78. The third-order valence-corrected chi connectivity index (χ3v) is 5.52. The fourth-order valence-electron chi connectivity index (χ4n) is 4.11. The zero-order valence-corrected chi connectivity index (χ0v) is 15.0. The number of hydrogen-bond acceptors (Lipinski definition) is 4. The minimum absolute atomic E-state index is 0.257. The van der Waals surface area contributed by atoms with Gasteiger partial charge in [-0.15, -0.1) is 0 Å². The molecule has 0 spiro atoms. The molecule has 1 atom stereocenters. The minimum Gasteiger partial charge on any atom is -0.395 e. The number of amides is 1. The molecule has 0 aromatic carbocycles. The van der Waals surface area contributed by atoms with E-state index in [2.05, 4.69) is 28.7 Å². The topological polar surface area (TPSA) is 47.0 Å². The largest absolute Gasteiger partial charge is 0.395 e. The van der Waals surface area contributed by atoms with Gasteiger partial charge in [0.25, 0.3) is 0 Å². The highest BCUT2D eigenvalue weighted by Crippen LogP contribution is 2.21. The summed E-state index contributed by atoms with van der Waals surface area (Å²) < 4.78 is 0. The van der Waals surface area contributed by atoms with Crippen LogP contribution in [0.5, 0.6) is 0 Å². The minimum atomic E-state index is 0.257. The quantitative estimate of drug-likeness (QED) is 0.769. The van der Waals surface area contributed by atoms with Crippen molar-refractivity contribution in [2.24, 2.45) is 5.92 Å². The molecule has 0 saturated carbocycles. The van der Waals surface area contributed by atoms with Gasteiger partial charge in [-0.25, -0.2) is 0 Å². The van der Waals surface area contributed by atoms with Crippen molar-refractivity contribution in [3.63, 3.8) is 0 Å². The summed E-state index contributed by atoms with van der Waals surface area (Å²) in [5, 5.41) is 9.00. The van der Waals surface area contributed by atoms with Gasteiger partial charge in [-0.05, 0) is 64.6 Å². The number of likely N-dealkylation sites (N-methyl/N-ethyl adjacent to an activating group) is 1. The Hall–Kier alpha value is -0.650. The van der Waals surface area contributed by atoms with Crippen molar-refractivity contribution in [2.45, 2.75) is 51.5 Å². The zero-order valence-electron chi connectivity index (χ0n) is 15.0. The molecule has 2 saturated heterocycles. The van der Waals surface area contributed by atoms with Crippen LogP contribution in [0.25, 0.3) is 0 Å². The highest BCUT2D eigenvalue weighted by atomic mass is 16.3. The molecule has 0 aromatic heterocycles. The summed E-state index contributed by atoms with van der Waals surface area (Å²) in [6.07, 6.45) is 7.05. The van der Waals surface area contributed by atoms with Gasteiger partial charge in [0.1, 0.15) is 0 Å². The van der Waals surface area contributed by atoms with E-state index in [-0.39, 0.29) is 6.61 Å². The third kappa shape index (κ3) is 5.73. The molecule has 2 aliphatic heterocycles. The maximum absolute atomic E-state index is 12.6. The lowest BCUT2D eigenvalue weighted by atomic mass is 9.96. The lowest BCUT2D eigenvalue weighted by molar-refractivity contribution is -0.136. The van der Waals surface area contributed by atoms with Crippen molar-refractivity contribution >= 4 is 5.91 Å². The molecule has 0 aliphatic carbocycles. The van der Waals surface area contributed by atoms with Crippen LogP contribution < -0.4 is 0 Å². The van der Waals surface area contributed by atoms with E-state index >= 15 is 0 Å². The van der Waals surface area contributed by atoms with Gasteiger partial charge in [0.2, 0.25) is 5.91 Å². The number of rotatable bonds is 7. The Labute approximate surface area is 141 Å². The molecule has 0 aromatic rings. The third-order valence-electron chi connectivity index (χ3n) is 5.52. The summed E-state index contributed by atoms with van der Waals surface area (Å²) in [6.45, 7) is 7.94. The molecule has 2 rings (SSSR count). The number of likely N-dealkylation sites (tertiary alicyclic amines) is 2. The van der Waals surface area contributed by atoms with Gasteiger partial charge in [0.15, 0.2) is 0 Å². The standard InChI is InChI=1S/C18H35N3O2/c1-3-17-6-4-5-9-21(17)18(23)15-19(2)14-16-7-10-20(11-8-16)12-13-22/h16-17,22H,3-15H2,1-2H3/t17-/m1/s1. The molecule has 23 heavy (non-hydrogen) atoms. The van der Waals surface area contributed by atoms with Gasteiger partial charge < -0.3 is 14.9 Å². The van der Waals surface area contributed by atoms with Gasteiger partial charge in [0.05, 0.1) is 13.2 Å². The fourth-order valence-corrected chi connectivity index (χ4v) is 4.11. The first-order valence-electron chi connectivity index (χ1n) is 9.45. The first-order valence-corrected chi connectivity index (χ1v) is 9.45. The number of piperidine rings is 2. The van der Waals surface area contributed by atoms with Gasteiger partial charge in [0, 0.05) is 25.7 Å². The molecule has 0 unspecified atom stereocenters. The van der Waals surface area contributed by atoms with E-state index in [1.165, 1.54) is 25.7 Å². The summed E-state index contributed by atoms with van der Waals surface area (Å²) in [5.74, 6) is 1.00. The Morgan fingerprint density at radius 2 is 1.91 bits per heavy atom. The first-order chi connectivity index (χ1) is 11.1. The smallest absolute Gasteiger partial charge is 0.236 e. The van der Waals surface area contributed by atoms with Gasteiger partial charge in [-0.1, -0.05) is 6.92 Å². The Morgan fingerprint density at radius 1 is 1.17 bits per heavy atom. The second-order valence-corrected chi connectivity index (χ2v) is 7.35. The molecule has 134 valence electrons. The lowest BCUT2D eigenvalue weighted by Crippen LogP contribution is -2.48. The summed E-state index contributed by atoms with van der Waals surface area (Å²) in [5.41, 5.74) is 0. The summed E-state index contributed by atoms with van der Waals surface area (Å²) in [4.78, 5) is 19.3. The predicted octanol–water partition coefficient (Wildman–Crippen LogP) is 1.41. The monoisotopic (exact) mass is 325 g/mol. The molecule has 5 heteroatoms. The predicted molar refractivity (Wildman–Crippen MR) is 93.4 cm³/mol. The van der Waals surface area contributed by atoms with Crippen LogP contribution in [0.1, 0.15) is 45.4 Å². The summed E-state index contributed by atoms with van der Waals surface area (Å²) >= 11 is 0. The molecule has 2 heterocycles. The van der Waals surface area contributed by atoms with Crippen molar-refractivity contribution in [1.29, 1.82) is 0 Å². The first kappa shape index (κ1) is 18.7. The molecular weight excluding hydrogens is 290 g/mol. The van der Waals surface area contributed by atoms with Crippen molar-refractivity contribution in [2.75, 3.05) is 52.9 Å². The maximum Gasteiger partial charge on any atom is 0.236 e. The zero-order chi connectivity index (χ0) is 16.7. The van der Waals surface area contributed by atoms with E-state index in [4.69, 9.17) is 5.11 Å². The van der Waals surface area contributed by atoms with Crippen LogP contribution in [-0.4, -0.2) is 84.7 Å². The van der Waals surface area contributed by atoms with E-state index in [9.17, 15) is 4.79 Å². The van der Waals surface area contributed by atoms with Crippen LogP contribution in [0.15, 0.2) is 0 Å². The van der Waals surface area contributed by atoms with Gasteiger partial charge in [-0.3, -0.25) is 9.69 Å². The van der Waals surface area contributed by atoms with Crippen LogP contribution in [0.2, 0.25) is 0 Å². The van der Waals surface area contributed by atoms with Crippen LogP contribution in [0, 0.1) is 5.92 Å². The Morgan fingerprint density at radius 3 is 2.57 bits per heavy atom. The molecule has 1 N–H and O–H groups in total. The SMILES string of the molecule is CC[C@@H]1CCCCN1C(=O)CN(C)CC1CCN(CCO)CC1. The molecule has 0 bridgehead atoms. The molecule has 5 nitrogen and oxygen atoms in total. The number of aliphatic hydroxyl groups is 1. The van der Waals surface area contributed by atoms with Crippen LogP contribution in [0.3, 0.4) is 0 Å². The second kappa shape index (κ2) is 9.60. The number of hydrogen-bond donors (Lipinski definition) is 1. The number of nitrogens with zero attached hydrogens (tertiary/aromatic N) is 3. The Bertz CT molecular complexity index is 356. The van der Waals surface area contributed by atoms with Crippen LogP contribution in [-0.2, 0) is 4.79 Å². The maximum atomic E-state index is 12.6. The van der Waals surface area contributed by atoms with Crippen molar-refractivity contribution in [3.05, 3.63) is 0 Å². The van der Waals surface area contributed by atoms with Crippen molar-refractivity contribution < 1.29 is 9.90 Å². The number of carbonyl (C=O) groups is 1. The highest BCUT2D eigenvalue weighted by Gasteiger charge is 2.27. The van der Waals surface area contributed by atoms with Gasteiger partial charge in [-0.2, -0.15) is 0 Å².